The summed E-state index contributed by atoms with van der Waals surface area (Å²) >= 11 is 0. The van der Waals surface area contributed by atoms with Crippen LogP contribution in [-0.2, 0) is 4.79 Å². The van der Waals surface area contributed by atoms with Gasteiger partial charge in [0.1, 0.15) is 17.4 Å². The highest BCUT2D eigenvalue weighted by Gasteiger charge is 2.55. The minimum Gasteiger partial charge on any atom is -0.364 e. The summed E-state index contributed by atoms with van der Waals surface area (Å²) in [5.41, 5.74) is 3.23. The van der Waals surface area contributed by atoms with Gasteiger partial charge in [-0.2, -0.15) is 0 Å². The average Bonchev–Trinajstić information content (AvgIpc) is 3.71. The molecule has 3 N–H and O–H groups in total. The highest BCUT2D eigenvalue weighted by Crippen LogP contribution is 2.60. The minimum atomic E-state index is -0.810. The maximum absolute atomic E-state index is 15.0. The second-order valence-corrected chi connectivity index (χ2v) is 10.2. The van der Waals surface area contributed by atoms with Gasteiger partial charge in [0.15, 0.2) is 11.5 Å². The summed E-state index contributed by atoms with van der Waals surface area (Å²) in [6.45, 7) is 7.51. The van der Waals surface area contributed by atoms with Crippen molar-refractivity contribution in [2.24, 2.45) is 17.3 Å². The summed E-state index contributed by atoms with van der Waals surface area (Å²) in [7, 11) is 0. The normalized spacial score (nSPS) is 18.1. The van der Waals surface area contributed by atoms with Crippen molar-refractivity contribution in [2.75, 3.05) is 5.32 Å². The molecule has 2 aliphatic rings. The maximum Gasteiger partial charge on any atom is 0.276 e. The first-order chi connectivity index (χ1) is 16.7. The van der Waals surface area contributed by atoms with E-state index in [1.807, 2.05) is 13.8 Å². The highest BCUT2D eigenvalue weighted by atomic mass is 19.1. The van der Waals surface area contributed by atoms with Crippen LogP contribution in [0.1, 0.15) is 60.0 Å². The van der Waals surface area contributed by atoms with Gasteiger partial charge in [-0.05, 0) is 74.4 Å². The third-order valence-corrected chi connectivity index (χ3v) is 7.39. The Labute approximate surface area is 202 Å². The smallest absolute Gasteiger partial charge is 0.276 e. The van der Waals surface area contributed by atoms with Crippen molar-refractivity contribution in [3.05, 3.63) is 46.9 Å². The number of halogens is 1. The predicted molar refractivity (Wildman–Crippen MR) is 126 cm³/mol. The van der Waals surface area contributed by atoms with Gasteiger partial charge in [0.25, 0.3) is 5.91 Å². The van der Waals surface area contributed by atoms with E-state index in [9.17, 15) is 9.59 Å². The lowest BCUT2D eigenvalue weighted by Crippen LogP contribution is -2.51. The van der Waals surface area contributed by atoms with Crippen LogP contribution in [0.2, 0.25) is 0 Å². The van der Waals surface area contributed by atoms with E-state index in [4.69, 9.17) is 0 Å². The molecular weight excluding hydrogens is 451 g/mol. The Morgan fingerprint density at radius 3 is 2.51 bits per heavy atom. The first-order valence-corrected chi connectivity index (χ1v) is 11.9. The number of amides is 2. The van der Waals surface area contributed by atoms with Crippen molar-refractivity contribution < 1.29 is 18.6 Å². The van der Waals surface area contributed by atoms with Gasteiger partial charge in [0.05, 0.1) is 11.9 Å². The van der Waals surface area contributed by atoms with E-state index < -0.39 is 23.7 Å². The van der Waals surface area contributed by atoms with Crippen molar-refractivity contribution in [3.8, 4) is 11.3 Å². The SMILES string of the molecule is Cc1c[nH]c(C)c1-c1ncc(NC(=O)[C@@H](NC(=O)c2nonc2C)C(C2CC2)C2(C)CC2)cc1F. The lowest BCUT2D eigenvalue weighted by atomic mass is 9.80. The van der Waals surface area contributed by atoms with Crippen LogP contribution in [0.15, 0.2) is 23.1 Å². The molecule has 35 heavy (non-hydrogen) atoms. The van der Waals surface area contributed by atoms with Gasteiger partial charge >= 0.3 is 0 Å². The molecule has 0 aliphatic heterocycles. The van der Waals surface area contributed by atoms with Crippen molar-refractivity contribution in [1.29, 1.82) is 0 Å². The predicted octanol–water partition coefficient (Wildman–Crippen LogP) is 4.09. The van der Waals surface area contributed by atoms with Gasteiger partial charge in [0.2, 0.25) is 5.91 Å². The molecule has 0 spiro atoms. The molecule has 3 heterocycles. The fourth-order valence-electron chi connectivity index (χ4n) is 5.13. The molecule has 0 radical (unpaired) electrons. The zero-order chi connectivity index (χ0) is 24.9. The molecule has 0 saturated heterocycles. The third-order valence-electron chi connectivity index (χ3n) is 7.39. The van der Waals surface area contributed by atoms with Crippen LogP contribution in [0.5, 0.6) is 0 Å². The first kappa shape index (κ1) is 23.2. The molecule has 2 atom stereocenters. The second-order valence-electron chi connectivity index (χ2n) is 10.2. The van der Waals surface area contributed by atoms with Gasteiger partial charge in [-0.1, -0.05) is 12.1 Å². The molecule has 9 nitrogen and oxygen atoms in total. The molecule has 184 valence electrons. The molecular formula is C25H29FN6O3. The van der Waals surface area contributed by atoms with Gasteiger partial charge in [-0.15, -0.1) is 0 Å². The lowest BCUT2D eigenvalue weighted by molar-refractivity contribution is -0.120. The molecule has 2 amide bonds. The fraction of sp³-hybridized carbons (Fsp3) is 0.480. The number of aromatic amines is 1. The van der Waals surface area contributed by atoms with Crippen molar-refractivity contribution in [3.63, 3.8) is 0 Å². The Morgan fingerprint density at radius 1 is 1.23 bits per heavy atom. The molecule has 0 aromatic carbocycles. The van der Waals surface area contributed by atoms with E-state index in [0.29, 0.717) is 17.2 Å². The number of nitrogens with one attached hydrogen (secondary N) is 3. The van der Waals surface area contributed by atoms with Crippen LogP contribution in [0.4, 0.5) is 10.1 Å². The number of aromatic nitrogens is 4. The summed E-state index contributed by atoms with van der Waals surface area (Å²) in [6, 6.07) is 0.456. The van der Waals surface area contributed by atoms with Crippen molar-refractivity contribution >= 4 is 17.5 Å². The Bertz CT molecular complexity index is 1270. The van der Waals surface area contributed by atoms with Gasteiger partial charge < -0.3 is 15.6 Å². The third kappa shape index (κ3) is 4.44. The van der Waals surface area contributed by atoms with Crippen LogP contribution >= 0.6 is 0 Å². The summed E-state index contributed by atoms with van der Waals surface area (Å²) < 4.78 is 19.7. The monoisotopic (exact) mass is 480 g/mol. The Hall–Kier alpha value is -3.56. The molecule has 0 bridgehead atoms. The second kappa shape index (κ2) is 8.58. The van der Waals surface area contributed by atoms with Crippen LogP contribution in [0, 0.1) is 43.8 Å². The number of hydrogen-bond acceptors (Lipinski definition) is 6. The molecule has 5 rings (SSSR count). The Kier molecular flexibility index (Phi) is 5.69. The number of rotatable bonds is 8. The van der Waals surface area contributed by atoms with Crippen LogP contribution in [0.3, 0.4) is 0 Å². The molecule has 2 saturated carbocycles. The minimum absolute atomic E-state index is 0.0235. The van der Waals surface area contributed by atoms with E-state index in [2.05, 4.69) is 42.5 Å². The number of carbonyl (C=O) groups is 2. The van der Waals surface area contributed by atoms with Crippen LogP contribution in [0.25, 0.3) is 11.3 Å². The summed E-state index contributed by atoms with van der Waals surface area (Å²) in [5, 5.41) is 13.0. The van der Waals surface area contributed by atoms with Crippen molar-refractivity contribution in [2.45, 2.75) is 59.4 Å². The number of carbonyl (C=O) groups excluding carboxylic acids is 2. The van der Waals surface area contributed by atoms with E-state index in [-0.39, 0.29) is 28.4 Å². The number of aryl methyl sites for hydroxylation is 3. The first-order valence-electron chi connectivity index (χ1n) is 11.9. The summed E-state index contributed by atoms with van der Waals surface area (Å²) in [5.74, 6) is -1.13. The van der Waals surface area contributed by atoms with E-state index in [1.165, 1.54) is 12.3 Å². The number of H-pyrrole nitrogens is 1. The number of anilines is 1. The molecule has 2 aliphatic carbocycles. The van der Waals surface area contributed by atoms with E-state index in [0.717, 1.165) is 36.9 Å². The largest absolute Gasteiger partial charge is 0.364 e. The van der Waals surface area contributed by atoms with Gasteiger partial charge in [-0.25, -0.2) is 9.02 Å². The quantitative estimate of drug-likeness (QED) is 0.446. The lowest BCUT2D eigenvalue weighted by Gasteiger charge is -2.32. The van der Waals surface area contributed by atoms with E-state index >= 15 is 4.39 Å². The van der Waals surface area contributed by atoms with Gasteiger partial charge in [-0.3, -0.25) is 14.6 Å². The van der Waals surface area contributed by atoms with Gasteiger partial charge in [0, 0.05) is 23.5 Å². The number of nitrogens with zero attached hydrogens (tertiary/aromatic N) is 3. The fourth-order valence-corrected chi connectivity index (χ4v) is 5.13. The number of pyridine rings is 1. The maximum atomic E-state index is 15.0. The molecule has 2 fully saturated rings. The molecule has 3 aromatic rings. The zero-order valence-electron chi connectivity index (χ0n) is 20.2. The summed E-state index contributed by atoms with van der Waals surface area (Å²) in [4.78, 5) is 33.9. The standard InChI is InChI=1S/C25H29FN6O3/c1-12-10-27-13(2)18(12)21-17(26)9-16(11-28-21)29-24(34)22(19(15-5-6-15)25(4)7-8-25)30-23(33)20-14(3)31-35-32-20/h9-11,15,19,22,27H,5-8H2,1-4H3,(H,29,34)(H,30,33)/t19?,22-/m0/s1. The average molecular weight is 481 g/mol. The summed E-state index contributed by atoms with van der Waals surface area (Å²) in [6.07, 6.45) is 7.28. The zero-order valence-corrected chi connectivity index (χ0v) is 20.2. The van der Waals surface area contributed by atoms with Crippen LogP contribution in [-0.4, -0.2) is 38.1 Å². The Morgan fingerprint density at radius 2 is 1.97 bits per heavy atom. The molecule has 1 unspecified atom stereocenters. The van der Waals surface area contributed by atoms with Crippen LogP contribution < -0.4 is 10.6 Å². The van der Waals surface area contributed by atoms with E-state index in [1.54, 1.807) is 13.1 Å². The topological polar surface area (TPSA) is 126 Å². The highest BCUT2D eigenvalue weighted by molar-refractivity contribution is 6.01. The Balaban J connectivity index is 1.41. The number of hydrogen-bond donors (Lipinski definition) is 3. The molecule has 10 heteroatoms. The van der Waals surface area contributed by atoms with Crippen molar-refractivity contribution in [1.82, 2.24) is 25.6 Å². The molecule has 3 aromatic heterocycles.